The van der Waals surface area contributed by atoms with Crippen LogP contribution in [0.4, 0.5) is 5.13 Å². The van der Waals surface area contributed by atoms with Crippen molar-refractivity contribution in [3.8, 4) is 0 Å². The molecule has 0 aliphatic carbocycles. The minimum Gasteiger partial charge on any atom is -0.338 e. The van der Waals surface area contributed by atoms with Crippen molar-refractivity contribution >= 4 is 28.3 Å². The van der Waals surface area contributed by atoms with Gasteiger partial charge in [-0.1, -0.05) is 13.0 Å². The van der Waals surface area contributed by atoms with Crippen molar-refractivity contribution in [2.45, 2.75) is 25.8 Å². The Balaban J connectivity index is 1.81. The third-order valence-corrected chi connectivity index (χ3v) is 4.90. The van der Waals surface area contributed by atoms with E-state index in [0.717, 1.165) is 17.7 Å². The van der Waals surface area contributed by atoms with Gasteiger partial charge in [-0.05, 0) is 18.1 Å². The molecule has 2 atom stereocenters. The fourth-order valence-corrected chi connectivity index (χ4v) is 3.63. The van der Waals surface area contributed by atoms with Gasteiger partial charge in [0.25, 0.3) is 0 Å². The van der Waals surface area contributed by atoms with Crippen molar-refractivity contribution in [2.24, 2.45) is 5.92 Å². The van der Waals surface area contributed by atoms with Crippen LogP contribution in [0.15, 0.2) is 29.9 Å². The van der Waals surface area contributed by atoms with Crippen molar-refractivity contribution < 1.29 is 9.59 Å². The Morgan fingerprint density at radius 1 is 1.52 bits per heavy atom. The van der Waals surface area contributed by atoms with Gasteiger partial charge in [0.05, 0.1) is 17.7 Å². The summed E-state index contributed by atoms with van der Waals surface area (Å²) >= 11 is 1.41. The second-order valence-corrected chi connectivity index (χ2v) is 6.39. The lowest BCUT2D eigenvalue weighted by atomic mass is 9.94. The summed E-state index contributed by atoms with van der Waals surface area (Å²) in [5.74, 6) is -0.647. The molecule has 2 amide bonds. The molecular weight excluding hydrogens is 312 g/mol. The van der Waals surface area contributed by atoms with E-state index in [-0.39, 0.29) is 24.3 Å². The zero-order valence-electron chi connectivity index (χ0n) is 13.0. The summed E-state index contributed by atoms with van der Waals surface area (Å²) in [7, 11) is 1.73. The van der Waals surface area contributed by atoms with E-state index in [9.17, 15) is 9.59 Å². The number of carbonyl (C=O) groups is 2. The third kappa shape index (κ3) is 3.10. The monoisotopic (exact) mass is 330 g/mol. The van der Waals surface area contributed by atoms with Crippen molar-refractivity contribution in [2.75, 3.05) is 12.4 Å². The highest BCUT2D eigenvalue weighted by atomic mass is 32.1. The summed E-state index contributed by atoms with van der Waals surface area (Å²) in [6.07, 6.45) is 4.42. The van der Waals surface area contributed by atoms with Gasteiger partial charge in [-0.3, -0.25) is 14.6 Å². The van der Waals surface area contributed by atoms with E-state index in [1.807, 2.05) is 24.4 Å². The average molecular weight is 330 g/mol. The van der Waals surface area contributed by atoms with Crippen LogP contribution in [0.1, 0.15) is 30.6 Å². The number of hydrogen-bond acceptors (Lipinski definition) is 5. The Bertz CT molecular complexity index is 716. The number of pyridine rings is 1. The Hall–Kier alpha value is -2.28. The molecule has 1 fully saturated rings. The fraction of sp³-hybridized carbons (Fsp3) is 0.375. The van der Waals surface area contributed by atoms with Crippen LogP contribution in [0.5, 0.6) is 0 Å². The molecule has 0 bridgehead atoms. The second-order valence-electron chi connectivity index (χ2n) is 5.53. The van der Waals surface area contributed by atoms with E-state index in [1.54, 1.807) is 24.3 Å². The quantitative estimate of drug-likeness (QED) is 0.933. The van der Waals surface area contributed by atoms with Crippen LogP contribution in [-0.2, 0) is 16.0 Å². The number of nitrogens with one attached hydrogen (secondary N) is 1. The van der Waals surface area contributed by atoms with Crippen molar-refractivity contribution in [1.29, 1.82) is 0 Å². The number of thiazole rings is 1. The third-order valence-electron chi connectivity index (χ3n) is 4.09. The number of anilines is 1. The van der Waals surface area contributed by atoms with E-state index >= 15 is 0 Å². The Morgan fingerprint density at radius 3 is 3.00 bits per heavy atom. The van der Waals surface area contributed by atoms with Gasteiger partial charge in [0.15, 0.2) is 5.13 Å². The van der Waals surface area contributed by atoms with Crippen LogP contribution >= 0.6 is 11.3 Å². The first-order valence-corrected chi connectivity index (χ1v) is 8.39. The number of rotatable bonds is 4. The van der Waals surface area contributed by atoms with Gasteiger partial charge in [-0.15, -0.1) is 11.3 Å². The van der Waals surface area contributed by atoms with Gasteiger partial charge in [0, 0.05) is 31.2 Å². The molecule has 0 saturated carbocycles. The number of amides is 2. The highest BCUT2D eigenvalue weighted by Crippen LogP contribution is 2.37. The number of carbonyl (C=O) groups excluding carboxylic acids is 2. The lowest BCUT2D eigenvalue weighted by Gasteiger charge is -2.24. The van der Waals surface area contributed by atoms with Crippen LogP contribution < -0.4 is 5.32 Å². The minimum atomic E-state index is -0.439. The van der Waals surface area contributed by atoms with Crippen LogP contribution in [-0.4, -0.2) is 33.7 Å². The van der Waals surface area contributed by atoms with E-state index in [1.165, 1.54) is 11.3 Å². The molecule has 0 aromatic carbocycles. The number of aryl methyl sites for hydroxylation is 1. The molecule has 23 heavy (non-hydrogen) atoms. The predicted molar refractivity (Wildman–Crippen MR) is 88.0 cm³/mol. The maximum atomic E-state index is 12.6. The van der Waals surface area contributed by atoms with E-state index in [2.05, 4.69) is 15.3 Å². The number of nitrogens with zero attached hydrogens (tertiary/aromatic N) is 3. The number of likely N-dealkylation sites (tertiary alicyclic amines) is 1. The SMILES string of the molecule is CCc1csc(NC(=O)[C@@H]2CC(=O)N(C)[C@H]2c2cccnc2)n1. The lowest BCUT2D eigenvalue weighted by molar-refractivity contribution is -0.127. The smallest absolute Gasteiger partial charge is 0.232 e. The molecule has 0 radical (unpaired) electrons. The summed E-state index contributed by atoms with van der Waals surface area (Å²) in [6, 6.07) is 3.42. The molecule has 7 heteroatoms. The van der Waals surface area contributed by atoms with Gasteiger partial charge >= 0.3 is 0 Å². The van der Waals surface area contributed by atoms with Gasteiger partial charge < -0.3 is 10.2 Å². The molecule has 2 aromatic rings. The zero-order chi connectivity index (χ0) is 16.4. The largest absolute Gasteiger partial charge is 0.338 e. The number of aromatic nitrogens is 2. The van der Waals surface area contributed by atoms with Crippen molar-refractivity contribution in [1.82, 2.24) is 14.9 Å². The van der Waals surface area contributed by atoms with Gasteiger partial charge in [-0.25, -0.2) is 4.98 Å². The predicted octanol–water partition coefficient (Wildman–Crippen LogP) is 2.26. The lowest BCUT2D eigenvalue weighted by Crippen LogP contribution is -2.30. The van der Waals surface area contributed by atoms with Crippen LogP contribution in [0.3, 0.4) is 0 Å². The topological polar surface area (TPSA) is 75.2 Å². The average Bonchev–Trinajstić information content (AvgIpc) is 3.13. The van der Waals surface area contributed by atoms with E-state index in [0.29, 0.717) is 5.13 Å². The Kier molecular flexibility index (Phi) is 4.38. The van der Waals surface area contributed by atoms with Crippen LogP contribution in [0, 0.1) is 5.92 Å². The molecule has 1 N–H and O–H groups in total. The highest BCUT2D eigenvalue weighted by molar-refractivity contribution is 7.13. The highest BCUT2D eigenvalue weighted by Gasteiger charge is 2.42. The first-order valence-electron chi connectivity index (χ1n) is 7.51. The minimum absolute atomic E-state index is 0.0348. The van der Waals surface area contributed by atoms with Gasteiger partial charge in [0.2, 0.25) is 11.8 Å². The maximum Gasteiger partial charge on any atom is 0.232 e. The first kappa shape index (κ1) is 15.6. The first-order chi connectivity index (χ1) is 11.1. The molecule has 6 nitrogen and oxygen atoms in total. The maximum absolute atomic E-state index is 12.6. The molecule has 0 spiro atoms. The van der Waals surface area contributed by atoms with Gasteiger partial charge in [-0.2, -0.15) is 0 Å². The molecule has 0 unspecified atom stereocenters. The molecule has 120 valence electrons. The van der Waals surface area contributed by atoms with Gasteiger partial charge in [0.1, 0.15) is 0 Å². The van der Waals surface area contributed by atoms with E-state index < -0.39 is 5.92 Å². The summed E-state index contributed by atoms with van der Waals surface area (Å²) < 4.78 is 0. The summed E-state index contributed by atoms with van der Waals surface area (Å²) in [6.45, 7) is 2.02. The van der Waals surface area contributed by atoms with Crippen LogP contribution in [0.25, 0.3) is 0 Å². The molecule has 1 aliphatic heterocycles. The Labute approximate surface area is 138 Å². The summed E-state index contributed by atoms with van der Waals surface area (Å²) in [5.41, 5.74) is 1.82. The summed E-state index contributed by atoms with van der Waals surface area (Å²) in [4.78, 5) is 34.8. The Morgan fingerprint density at radius 2 is 2.35 bits per heavy atom. The van der Waals surface area contributed by atoms with Crippen molar-refractivity contribution in [3.05, 3.63) is 41.2 Å². The fourth-order valence-electron chi connectivity index (χ4n) is 2.84. The van der Waals surface area contributed by atoms with E-state index in [4.69, 9.17) is 0 Å². The molecule has 3 heterocycles. The zero-order valence-corrected chi connectivity index (χ0v) is 13.8. The van der Waals surface area contributed by atoms with Crippen LogP contribution in [0.2, 0.25) is 0 Å². The molecule has 1 saturated heterocycles. The molecular formula is C16H18N4O2S. The normalized spacial score (nSPS) is 20.8. The standard InChI is InChI=1S/C16H18N4O2S/c1-3-11-9-23-16(18-11)19-15(22)12-7-13(21)20(2)14(12)10-5-4-6-17-8-10/h4-6,8-9,12,14H,3,7H2,1-2H3,(H,18,19,22)/t12-,14+/m1/s1. The molecule has 1 aliphatic rings. The van der Waals surface area contributed by atoms with Crippen molar-refractivity contribution in [3.63, 3.8) is 0 Å². The number of hydrogen-bond donors (Lipinski definition) is 1. The molecule has 2 aromatic heterocycles. The second kappa shape index (κ2) is 6.45. The summed E-state index contributed by atoms with van der Waals surface area (Å²) in [5, 5.41) is 5.36. The molecule has 3 rings (SSSR count).